The molecule has 1 aromatic carbocycles. The van der Waals surface area contributed by atoms with Gasteiger partial charge in [-0.05, 0) is 29.5 Å². The fraction of sp³-hybridized carbons (Fsp3) is 0.556. The molecule has 0 bridgehead atoms. The number of carbonyl (C=O) groups is 2. The zero-order valence-corrected chi connectivity index (χ0v) is 15.5. The Hall–Kier alpha value is -2.16. The Morgan fingerprint density at radius 2 is 1.78 bits per heavy atom. The summed E-state index contributed by atoms with van der Waals surface area (Å²) in [6.45, 7) is 6.00. The van der Waals surface area contributed by atoms with Crippen molar-refractivity contribution in [3.8, 4) is 0 Å². The highest BCUT2D eigenvalue weighted by atomic mass is 19.4. The molecule has 0 heterocycles. The number of alkyl halides is 3. The standard InChI is InChI=1S/C18H24F4N2O3/c1-9(18(20,21)22)14(23)15(25)24-13-8-10(5-6-12(13)19)7-11(16(26)27)17(2,3)4/h5-6,8-9,11,14H,7,23H2,1-4H3,(H,24,25)(H,26,27). The molecule has 9 heteroatoms. The van der Waals surface area contributed by atoms with Crippen molar-refractivity contribution >= 4 is 17.6 Å². The smallest absolute Gasteiger partial charge is 0.393 e. The van der Waals surface area contributed by atoms with Gasteiger partial charge in [-0.1, -0.05) is 33.8 Å². The molecule has 1 rings (SSSR count). The van der Waals surface area contributed by atoms with Crippen molar-refractivity contribution in [2.24, 2.45) is 23.0 Å². The van der Waals surface area contributed by atoms with Gasteiger partial charge in [0.05, 0.1) is 23.6 Å². The Morgan fingerprint density at radius 3 is 2.22 bits per heavy atom. The third-order valence-electron chi connectivity index (χ3n) is 4.43. The molecule has 1 amide bonds. The lowest BCUT2D eigenvalue weighted by atomic mass is 9.77. The van der Waals surface area contributed by atoms with Crippen LogP contribution in [0.15, 0.2) is 18.2 Å². The Kier molecular flexibility index (Phi) is 6.99. The summed E-state index contributed by atoms with van der Waals surface area (Å²) in [5, 5.41) is 11.4. The van der Waals surface area contributed by atoms with Crippen molar-refractivity contribution in [2.45, 2.75) is 46.3 Å². The van der Waals surface area contributed by atoms with Gasteiger partial charge < -0.3 is 16.2 Å². The molecule has 152 valence electrons. The summed E-state index contributed by atoms with van der Waals surface area (Å²) in [7, 11) is 0. The first-order valence-electron chi connectivity index (χ1n) is 8.29. The van der Waals surface area contributed by atoms with Crippen LogP contribution in [0.25, 0.3) is 0 Å². The predicted octanol–water partition coefficient (Wildman–Crippen LogP) is 3.58. The fourth-order valence-corrected chi connectivity index (χ4v) is 2.44. The van der Waals surface area contributed by atoms with Crippen LogP contribution in [0.1, 0.15) is 33.3 Å². The van der Waals surface area contributed by atoms with Gasteiger partial charge in [0.25, 0.3) is 0 Å². The molecule has 3 atom stereocenters. The summed E-state index contributed by atoms with van der Waals surface area (Å²) in [4.78, 5) is 23.4. The topological polar surface area (TPSA) is 92.4 Å². The van der Waals surface area contributed by atoms with Gasteiger partial charge in [0, 0.05) is 0 Å². The highest BCUT2D eigenvalue weighted by molar-refractivity contribution is 5.95. The van der Waals surface area contributed by atoms with E-state index in [4.69, 9.17) is 5.73 Å². The van der Waals surface area contributed by atoms with Crippen molar-refractivity contribution in [3.63, 3.8) is 0 Å². The highest BCUT2D eigenvalue weighted by Crippen LogP contribution is 2.31. The lowest BCUT2D eigenvalue weighted by molar-refractivity contribution is -0.176. The number of hydrogen-bond acceptors (Lipinski definition) is 3. The van der Waals surface area contributed by atoms with Crippen LogP contribution in [0, 0.1) is 23.1 Å². The van der Waals surface area contributed by atoms with Crippen LogP contribution < -0.4 is 11.1 Å². The second-order valence-corrected chi connectivity index (χ2v) is 7.62. The molecule has 0 saturated heterocycles. The SMILES string of the molecule is CC(C(N)C(=O)Nc1cc(CC(C(=O)O)C(C)(C)C)ccc1F)C(F)(F)F. The zero-order chi connectivity index (χ0) is 21.2. The molecular weight excluding hydrogens is 368 g/mol. The van der Waals surface area contributed by atoms with Gasteiger partial charge in [-0.25, -0.2) is 4.39 Å². The van der Waals surface area contributed by atoms with E-state index in [0.29, 0.717) is 5.56 Å². The number of halogens is 4. The minimum Gasteiger partial charge on any atom is -0.481 e. The van der Waals surface area contributed by atoms with Crippen LogP contribution in [-0.4, -0.2) is 29.2 Å². The summed E-state index contributed by atoms with van der Waals surface area (Å²) in [6, 6.07) is 1.69. The Labute approximate surface area is 154 Å². The van der Waals surface area contributed by atoms with E-state index in [2.05, 4.69) is 5.32 Å². The molecule has 0 aliphatic heterocycles. The molecule has 0 spiro atoms. The van der Waals surface area contributed by atoms with E-state index in [1.54, 1.807) is 20.8 Å². The Morgan fingerprint density at radius 1 is 1.22 bits per heavy atom. The summed E-state index contributed by atoms with van der Waals surface area (Å²) in [5.41, 5.74) is 4.83. The molecule has 4 N–H and O–H groups in total. The number of carboxylic acids is 1. The third-order valence-corrected chi connectivity index (χ3v) is 4.43. The number of aliphatic carboxylic acids is 1. The van der Waals surface area contributed by atoms with Gasteiger partial charge in [0.15, 0.2) is 0 Å². The summed E-state index contributed by atoms with van der Waals surface area (Å²) in [5.74, 6) is -5.96. The molecule has 27 heavy (non-hydrogen) atoms. The average molecular weight is 392 g/mol. The maximum Gasteiger partial charge on any atom is 0.393 e. The average Bonchev–Trinajstić information content (AvgIpc) is 2.51. The number of carbonyl (C=O) groups excluding carboxylic acids is 1. The van der Waals surface area contributed by atoms with E-state index in [0.717, 1.165) is 13.0 Å². The molecule has 0 fully saturated rings. The zero-order valence-electron chi connectivity index (χ0n) is 15.5. The largest absolute Gasteiger partial charge is 0.481 e. The van der Waals surface area contributed by atoms with E-state index in [-0.39, 0.29) is 12.1 Å². The molecular formula is C18H24F4N2O3. The van der Waals surface area contributed by atoms with E-state index < -0.39 is 47.2 Å². The molecule has 0 aliphatic carbocycles. The lowest BCUT2D eigenvalue weighted by Crippen LogP contribution is -2.46. The molecule has 0 saturated carbocycles. The first-order valence-corrected chi connectivity index (χ1v) is 8.29. The summed E-state index contributed by atoms with van der Waals surface area (Å²) < 4.78 is 52.0. The number of benzene rings is 1. The predicted molar refractivity (Wildman–Crippen MR) is 92.5 cm³/mol. The number of anilines is 1. The number of nitrogens with one attached hydrogen (secondary N) is 1. The van der Waals surface area contributed by atoms with E-state index in [1.165, 1.54) is 12.1 Å². The van der Waals surface area contributed by atoms with Crippen LogP contribution in [-0.2, 0) is 16.0 Å². The molecule has 5 nitrogen and oxygen atoms in total. The van der Waals surface area contributed by atoms with Crippen molar-refractivity contribution in [1.29, 1.82) is 0 Å². The molecule has 0 aromatic heterocycles. The lowest BCUT2D eigenvalue weighted by Gasteiger charge is -2.27. The van der Waals surface area contributed by atoms with Crippen LogP contribution in [0.2, 0.25) is 0 Å². The number of carboxylic acid groups (broad SMARTS) is 1. The second-order valence-electron chi connectivity index (χ2n) is 7.62. The maximum atomic E-state index is 14.0. The Balaban J connectivity index is 3.02. The monoisotopic (exact) mass is 392 g/mol. The molecule has 0 radical (unpaired) electrons. The fourth-order valence-electron chi connectivity index (χ4n) is 2.44. The first-order chi connectivity index (χ1) is 12.1. The van der Waals surface area contributed by atoms with Crippen molar-refractivity contribution in [2.75, 3.05) is 5.32 Å². The quantitative estimate of drug-likeness (QED) is 0.645. The normalized spacial score (nSPS) is 15.7. The molecule has 1 aromatic rings. The number of hydrogen-bond donors (Lipinski definition) is 3. The van der Waals surface area contributed by atoms with E-state index in [1.807, 2.05) is 0 Å². The van der Waals surface area contributed by atoms with Gasteiger partial charge in [-0.2, -0.15) is 13.2 Å². The second kappa shape index (κ2) is 8.24. The van der Waals surface area contributed by atoms with Gasteiger partial charge in [0.1, 0.15) is 5.82 Å². The van der Waals surface area contributed by atoms with Gasteiger partial charge in [-0.3, -0.25) is 9.59 Å². The van der Waals surface area contributed by atoms with E-state index >= 15 is 0 Å². The van der Waals surface area contributed by atoms with Crippen LogP contribution in [0.4, 0.5) is 23.2 Å². The van der Waals surface area contributed by atoms with Crippen molar-refractivity contribution in [3.05, 3.63) is 29.6 Å². The van der Waals surface area contributed by atoms with Gasteiger partial charge in [0.2, 0.25) is 5.91 Å². The molecule has 3 unspecified atom stereocenters. The summed E-state index contributed by atoms with van der Waals surface area (Å²) >= 11 is 0. The Bertz CT molecular complexity index is 699. The number of rotatable bonds is 6. The van der Waals surface area contributed by atoms with Crippen LogP contribution in [0.3, 0.4) is 0 Å². The van der Waals surface area contributed by atoms with Crippen molar-refractivity contribution in [1.82, 2.24) is 0 Å². The third kappa shape index (κ3) is 6.20. The number of amides is 1. The summed E-state index contributed by atoms with van der Waals surface area (Å²) in [6.07, 6.45) is -4.61. The molecule has 0 aliphatic rings. The van der Waals surface area contributed by atoms with E-state index in [9.17, 15) is 32.3 Å². The first kappa shape index (κ1) is 22.9. The minimum absolute atomic E-state index is 0.0625. The highest BCUT2D eigenvalue weighted by Gasteiger charge is 2.42. The number of nitrogens with two attached hydrogens (primary N) is 1. The minimum atomic E-state index is -4.67. The maximum absolute atomic E-state index is 14.0. The van der Waals surface area contributed by atoms with Crippen LogP contribution in [0.5, 0.6) is 0 Å². The van der Waals surface area contributed by atoms with Gasteiger partial charge in [-0.15, -0.1) is 0 Å². The van der Waals surface area contributed by atoms with Crippen LogP contribution >= 0.6 is 0 Å². The van der Waals surface area contributed by atoms with Gasteiger partial charge >= 0.3 is 12.1 Å². The van der Waals surface area contributed by atoms with Crippen molar-refractivity contribution < 1.29 is 32.3 Å².